The monoisotopic (exact) mass is 798 g/mol. The number of fused-ring (bicyclic) bond motifs is 1. The molecule has 0 saturated carbocycles. The van der Waals surface area contributed by atoms with E-state index in [9.17, 15) is 4.79 Å². The van der Waals surface area contributed by atoms with E-state index in [1.54, 1.807) is 24.4 Å². The van der Waals surface area contributed by atoms with Crippen LogP contribution in [-0.2, 0) is 4.74 Å². The molecule has 0 bridgehead atoms. The van der Waals surface area contributed by atoms with Gasteiger partial charge in [-0.15, -0.1) is 0 Å². The number of ether oxygens (including phenoxy) is 2. The van der Waals surface area contributed by atoms with Gasteiger partial charge in [0.2, 0.25) is 0 Å². The second-order valence-corrected chi connectivity index (χ2v) is 15.8. The van der Waals surface area contributed by atoms with E-state index in [0.29, 0.717) is 63.2 Å². The fourth-order valence-corrected chi connectivity index (χ4v) is 8.75. The summed E-state index contributed by atoms with van der Waals surface area (Å²) in [5.74, 6) is 1.60. The summed E-state index contributed by atoms with van der Waals surface area (Å²) in [6, 6.07) is 23.6. The van der Waals surface area contributed by atoms with Crippen LogP contribution in [0.15, 0.2) is 97.7 Å². The number of anilines is 1. The minimum atomic E-state index is -0.228. The Bertz CT molecular complexity index is 2260. The zero-order chi connectivity index (χ0) is 39.8. The number of piperidine rings is 1. The molecule has 1 unspecified atom stereocenters. The third kappa shape index (κ3) is 9.08. The summed E-state index contributed by atoms with van der Waals surface area (Å²) in [4.78, 5) is 38.3. The maximum Gasteiger partial charge on any atom is 0.196 e. The number of pyridine rings is 2. The Labute approximate surface area is 345 Å². The van der Waals surface area contributed by atoms with Gasteiger partial charge in [0.05, 0.1) is 58.2 Å². The average Bonchev–Trinajstić information content (AvgIpc) is 3.69. The Morgan fingerprint density at radius 3 is 2.31 bits per heavy atom. The number of nitrogens with one attached hydrogen (secondary N) is 3. The Balaban J connectivity index is 0.825. The summed E-state index contributed by atoms with van der Waals surface area (Å²) in [6.07, 6.45) is 14.6. The van der Waals surface area contributed by atoms with Crippen molar-refractivity contribution in [1.82, 2.24) is 35.1 Å². The number of carbonyl (C=O) groups is 1. The Morgan fingerprint density at radius 2 is 1.62 bits per heavy atom. The van der Waals surface area contributed by atoms with E-state index in [1.165, 1.54) is 35.3 Å². The highest BCUT2D eigenvalue weighted by Gasteiger charge is 2.35. The first-order chi connectivity index (χ1) is 28.4. The summed E-state index contributed by atoms with van der Waals surface area (Å²) >= 11 is 6.64. The van der Waals surface area contributed by atoms with E-state index in [2.05, 4.69) is 56.5 Å². The topological polar surface area (TPSA) is 130 Å². The lowest BCUT2D eigenvalue weighted by atomic mass is 9.88. The number of aromatic amines is 1. The molecule has 4 atom stereocenters. The van der Waals surface area contributed by atoms with Crippen molar-refractivity contribution >= 4 is 34.2 Å². The van der Waals surface area contributed by atoms with Crippen LogP contribution in [0.2, 0.25) is 5.02 Å². The zero-order valence-electron chi connectivity index (χ0n) is 33.2. The van der Waals surface area contributed by atoms with Gasteiger partial charge in [0.15, 0.2) is 5.78 Å². The second-order valence-electron chi connectivity index (χ2n) is 15.4. The van der Waals surface area contributed by atoms with Crippen molar-refractivity contribution in [3.05, 3.63) is 136 Å². The first kappa shape index (κ1) is 39.6. The lowest BCUT2D eigenvalue weighted by Crippen LogP contribution is -2.40. The molecule has 2 fully saturated rings. The molecular weight excluding hydrogens is 748 g/mol. The molecule has 8 rings (SSSR count). The van der Waals surface area contributed by atoms with Crippen LogP contribution >= 0.6 is 11.6 Å². The minimum Gasteiger partial charge on any atom is -0.457 e. The largest absolute Gasteiger partial charge is 0.457 e. The quantitative estimate of drug-likeness (QED) is 0.0683. The fourth-order valence-electron chi connectivity index (χ4n) is 8.49. The average molecular weight is 799 g/mol. The van der Waals surface area contributed by atoms with Crippen molar-refractivity contribution in [2.24, 2.45) is 0 Å². The van der Waals surface area contributed by atoms with Crippen LogP contribution in [0.25, 0.3) is 11.0 Å². The Kier molecular flexibility index (Phi) is 12.7. The van der Waals surface area contributed by atoms with Crippen LogP contribution in [0.4, 0.5) is 5.82 Å². The minimum absolute atomic E-state index is 0.0427. The first-order valence-corrected chi connectivity index (χ1v) is 20.9. The number of likely N-dealkylation sites (tertiary alicyclic amines) is 1. The standard InChI is InChI=1S/C46H51ClN8O3/c1-30-11-9-22-49-42(30)39-15-8-16-40(43-31(2)12-10-23-50-43)55(39)24-7-6-21-48-26-35-18-17-32(28-57-35)54-46-41-37(27-51-45(41)52-29-53-46)44(56)36-20-19-34(25-38(36)47)58-33-13-4-3-5-14-33/h3-5,9-14,19-20,22-23,25,27,29,32,35,39-40,48H,6-8,15-18,21,24,26,28H2,1-2H3,(H2,51,52,53,54)/t32?,35-,39-,40+/m0/s1. The second kappa shape index (κ2) is 18.6. The lowest BCUT2D eigenvalue weighted by molar-refractivity contribution is 0.0103. The third-order valence-electron chi connectivity index (χ3n) is 11.5. The zero-order valence-corrected chi connectivity index (χ0v) is 33.9. The molecule has 4 aromatic heterocycles. The Morgan fingerprint density at radius 1 is 0.862 bits per heavy atom. The van der Waals surface area contributed by atoms with Gasteiger partial charge in [0, 0.05) is 36.8 Å². The van der Waals surface area contributed by atoms with Crippen molar-refractivity contribution in [3.63, 3.8) is 0 Å². The van der Waals surface area contributed by atoms with Crippen molar-refractivity contribution in [2.75, 3.05) is 31.6 Å². The summed E-state index contributed by atoms with van der Waals surface area (Å²) in [5.41, 5.74) is 6.31. The molecule has 0 aliphatic carbocycles. The van der Waals surface area contributed by atoms with Crippen molar-refractivity contribution < 1.29 is 14.3 Å². The smallest absolute Gasteiger partial charge is 0.196 e. The molecule has 11 nitrogen and oxygen atoms in total. The SMILES string of the molecule is Cc1cccnc1[C@H]1CCC[C@@H](c2ncccc2C)N1CCCCNC[C@@H]1CCC(Nc2ncnc3[nH]cc(C(=O)c4ccc(Oc5ccccc5)cc4Cl)c23)CO1. The lowest BCUT2D eigenvalue weighted by Gasteiger charge is -2.42. The highest BCUT2D eigenvalue weighted by atomic mass is 35.5. The summed E-state index contributed by atoms with van der Waals surface area (Å²) in [5, 5.41) is 8.14. The molecule has 2 aliphatic rings. The highest BCUT2D eigenvalue weighted by Crippen LogP contribution is 2.42. The van der Waals surface area contributed by atoms with E-state index in [0.717, 1.165) is 58.2 Å². The van der Waals surface area contributed by atoms with Crippen molar-refractivity contribution in [1.29, 1.82) is 0 Å². The van der Waals surface area contributed by atoms with Gasteiger partial charge in [0.25, 0.3) is 0 Å². The molecule has 0 amide bonds. The summed E-state index contributed by atoms with van der Waals surface area (Å²) in [6.45, 7) is 7.66. The fraction of sp³-hybridized carbons (Fsp3) is 0.370. The van der Waals surface area contributed by atoms with Gasteiger partial charge in [-0.1, -0.05) is 41.9 Å². The van der Waals surface area contributed by atoms with Gasteiger partial charge < -0.3 is 25.1 Å². The molecule has 2 aliphatic heterocycles. The van der Waals surface area contributed by atoms with Gasteiger partial charge in [0.1, 0.15) is 29.3 Å². The van der Waals surface area contributed by atoms with E-state index >= 15 is 0 Å². The van der Waals surface area contributed by atoms with E-state index < -0.39 is 0 Å². The van der Waals surface area contributed by atoms with Gasteiger partial charge in [-0.3, -0.25) is 19.7 Å². The molecule has 12 heteroatoms. The maximum atomic E-state index is 13.8. The van der Waals surface area contributed by atoms with E-state index in [4.69, 9.17) is 31.0 Å². The molecule has 58 heavy (non-hydrogen) atoms. The normalized spacial score (nSPS) is 19.9. The first-order valence-electron chi connectivity index (χ1n) is 20.5. The van der Waals surface area contributed by atoms with E-state index in [1.807, 2.05) is 54.9 Å². The number of nitrogens with zero attached hydrogens (tertiary/aromatic N) is 5. The highest BCUT2D eigenvalue weighted by molar-refractivity contribution is 6.35. The molecule has 2 aromatic carbocycles. The number of rotatable bonds is 15. The van der Waals surface area contributed by atoms with Crippen LogP contribution in [0, 0.1) is 13.8 Å². The molecule has 0 spiro atoms. The van der Waals surface area contributed by atoms with Gasteiger partial charge in [-0.2, -0.15) is 0 Å². The Hall–Kier alpha value is -5.20. The maximum absolute atomic E-state index is 13.8. The number of hydrogen-bond acceptors (Lipinski definition) is 10. The van der Waals surface area contributed by atoms with Crippen LogP contribution in [0.3, 0.4) is 0 Å². The van der Waals surface area contributed by atoms with Crippen LogP contribution in [-0.4, -0.2) is 74.0 Å². The predicted molar refractivity (Wildman–Crippen MR) is 228 cm³/mol. The third-order valence-corrected chi connectivity index (χ3v) is 11.8. The summed E-state index contributed by atoms with van der Waals surface area (Å²) < 4.78 is 12.2. The molecule has 300 valence electrons. The van der Waals surface area contributed by atoms with Crippen LogP contribution in [0.1, 0.15) is 95.5 Å². The molecule has 3 N–H and O–H groups in total. The van der Waals surface area contributed by atoms with Crippen LogP contribution in [0.5, 0.6) is 11.5 Å². The number of carbonyl (C=O) groups excluding carboxylic acids is 1. The molecular formula is C46H51ClN8O3. The predicted octanol–water partition coefficient (Wildman–Crippen LogP) is 9.34. The van der Waals surface area contributed by atoms with Gasteiger partial charge >= 0.3 is 0 Å². The van der Waals surface area contributed by atoms with Crippen molar-refractivity contribution in [2.45, 2.75) is 83.0 Å². The number of para-hydroxylation sites is 1. The van der Waals surface area contributed by atoms with Crippen LogP contribution < -0.4 is 15.4 Å². The molecule has 6 heterocycles. The summed E-state index contributed by atoms with van der Waals surface area (Å²) in [7, 11) is 0. The van der Waals surface area contributed by atoms with Gasteiger partial charge in [-0.05, 0) is 119 Å². The number of benzene rings is 2. The number of ketones is 1. The molecule has 6 aromatic rings. The number of aromatic nitrogens is 5. The molecule has 2 saturated heterocycles. The van der Waals surface area contributed by atoms with E-state index in [-0.39, 0.29) is 17.9 Å². The van der Waals surface area contributed by atoms with Crippen molar-refractivity contribution in [3.8, 4) is 11.5 Å². The number of halogens is 1. The number of unbranched alkanes of at least 4 members (excludes halogenated alkanes) is 1. The molecule has 0 radical (unpaired) electrons. The number of hydrogen-bond donors (Lipinski definition) is 3. The van der Waals surface area contributed by atoms with Gasteiger partial charge in [-0.25, -0.2) is 9.97 Å². The number of H-pyrrole nitrogens is 1. The number of aryl methyl sites for hydroxylation is 2.